The van der Waals surface area contributed by atoms with Gasteiger partial charge in [0.2, 0.25) is 0 Å². The lowest BCUT2D eigenvalue weighted by Crippen LogP contribution is -2.20. The zero-order valence-electron chi connectivity index (χ0n) is 14.3. The Hall–Kier alpha value is -3.67. The molecule has 27 heavy (non-hydrogen) atoms. The van der Waals surface area contributed by atoms with Crippen LogP contribution in [0.3, 0.4) is 0 Å². The lowest BCUT2D eigenvalue weighted by Gasteiger charge is -2.08. The van der Waals surface area contributed by atoms with E-state index in [1.165, 1.54) is 24.3 Å². The van der Waals surface area contributed by atoms with Gasteiger partial charge in [-0.05, 0) is 48.5 Å². The van der Waals surface area contributed by atoms with E-state index in [0.717, 1.165) is 16.9 Å². The fourth-order valence-corrected chi connectivity index (χ4v) is 2.67. The van der Waals surface area contributed by atoms with Crippen molar-refractivity contribution >= 4 is 17.2 Å². The number of anilines is 1. The predicted molar refractivity (Wildman–Crippen MR) is 101 cm³/mol. The average Bonchev–Trinajstić information content (AvgIpc) is 3.12. The van der Waals surface area contributed by atoms with Gasteiger partial charge in [0.15, 0.2) is 6.61 Å². The van der Waals surface area contributed by atoms with Crippen LogP contribution >= 0.6 is 0 Å². The van der Waals surface area contributed by atoms with Gasteiger partial charge in [-0.2, -0.15) is 0 Å². The van der Waals surface area contributed by atoms with Crippen molar-refractivity contribution in [1.82, 2.24) is 9.38 Å². The summed E-state index contributed by atoms with van der Waals surface area (Å²) in [6.07, 6.45) is 3.90. The summed E-state index contributed by atoms with van der Waals surface area (Å²) in [5.74, 6) is -0.203. The Bertz CT molecular complexity index is 1040. The molecular formula is C21H16FN3O2. The smallest absolute Gasteiger partial charge is 0.262 e. The second kappa shape index (κ2) is 7.29. The molecule has 4 aromatic rings. The zero-order chi connectivity index (χ0) is 18.6. The molecule has 5 nitrogen and oxygen atoms in total. The summed E-state index contributed by atoms with van der Waals surface area (Å²) in [5.41, 5.74) is 3.36. The average molecular weight is 361 g/mol. The van der Waals surface area contributed by atoms with Crippen molar-refractivity contribution < 1.29 is 13.9 Å². The van der Waals surface area contributed by atoms with Gasteiger partial charge in [0.25, 0.3) is 5.91 Å². The van der Waals surface area contributed by atoms with Crippen molar-refractivity contribution in [3.8, 4) is 17.0 Å². The summed E-state index contributed by atoms with van der Waals surface area (Å²) in [4.78, 5) is 16.6. The van der Waals surface area contributed by atoms with Crippen LogP contribution in [0.25, 0.3) is 16.9 Å². The summed E-state index contributed by atoms with van der Waals surface area (Å²) >= 11 is 0. The number of nitrogens with one attached hydrogen (secondary N) is 1. The van der Waals surface area contributed by atoms with Crippen LogP contribution in [0.2, 0.25) is 0 Å². The van der Waals surface area contributed by atoms with Gasteiger partial charge in [0.05, 0.1) is 5.69 Å². The van der Waals surface area contributed by atoms with Crippen LogP contribution in [0.5, 0.6) is 5.75 Å². The Morgan fingerprint density at radius 3 is 2.56 bits per heavy atom. The molecule has 2 heterocycles. The van der Waals surface area contributed by atoms with E-state index in [2.05, 4.69) is 10.3 Å². The normalized spacial score (nSPS) is 10.7. The van der Waals surface area contributed by atoms with Crippen LogP contribution < -0.4 is 10.1 Å². The molecular weight excluding hydrogens is 345 g/mol. The number of nitrogens with zero attached hydrogens (tertiary/aromatic N) is 2. The van der Waals surface area contributed by atoms with Crippen LogP contribution in [0.4, 0.5) is 10.1 Å². The highest BCUT2D eigenvalue weighted by Gasteiger charge is 2.07. The fraction of sp³-hybridized carbons (Fsp3) is 0.0476. The third kappa shape index (κ3) is 3.95. The van der Waals surface area contributed by atoms with E-state index >= 15 is 0 Å². The molecule has 0 aliphatic heterocycles. The van der Waals surface area contributed by atoms with E-state index < -0.39 is 0 Å². The molecule has 4 rings (SSSR count). The third-order valence-electron chi connectivity index (χ3n) is 4.01. The number of carbonyl (C=O) groups is 1. The number of pyridine rings is 1. The second-order valence-electron chi connectivity index (χ2n) is 5.96. The molecule has 0 aliphatic rings. The van der Waals surface area contributed by atoms with E-state index in [1.807, 2.05) is 59.3 Å². The van der Waals surface area contributed by atoms with Crippen LogP contribution in [0.15, 0.2) is 79.1 Å². The van der Waals surface area contributed by atoms with Crippen molar-refractivity contribution in [2.24, 2.45) is 0 Å². The van der Waals surface area contributed by atoms with E-state index in [0.29, 0.717) is 11.4 Å². The maximum atomic E-state index is 12.8. The van der Waals surface area contributed by atoms with E-state index in [-0.39, 0.29) is 18.3 Å². The number of rotatable bonds is 5. The maximum Gasteiger partial charge on any atom is 0.262 e. The van der Waals surface area contributed by atoms with Crippen LogP contribution in [-0.2, 0) is 4.79 Å². The molecule has 0 spiro atoms. The minimum atomic E-state index is -0.350. The predicted octanol–water partition coefficient (Wildman–Crippen LogP) is 4.16. The Morgan fingerprint density at radius 2 is 1.81 bits per heavy atom. The van der Waals surface area contributed by atoms with Gasteiger partial charge in [-0.3, -0.25) is 4.79 Å². The Kier molecular flexibility index (Phi) is 4.53. The van der Waals surface area contributed by atoms with Crippen molar-refractivity contribution in [2.45, 2.75) is 0 Å². The van der Waals surface area contributed by atoms with Crippen molar-refractivity contribution in [2.75, 3.05) is 11.9 Å². The number of amides is 1. The maximum absolute atomic E-state index is 12.8. The summed E-state index contributed by atoms with van der Waals surface area (Å²) in [5, 5.41) is 2.77. The van der Waals surface area contributed by atoms with Gasteiger partial charge < -0.3 is 14.5 Å². The monoisotopic (exact) mass is 361 g/mol. The number of benzene rings is 2. The number of ether oxygens (including phenoxy) is 1. The SMILES string of the molecule is O=C(COc1ccc(F)cc1)Nc1ccc(-c2cn3ccccc3n2)cc1. The summed E-state index contributed by atoms with van der Waals surface area (Å²) in [6.45, 7) is -0.153. The summed E-state index contributed by atoms with van der Waals surface area (Å²) in [6, 6.07) is 18.8. The van der Waals surface area contributed by atoms with Crippen LogP contribution in [0.1, 0.15) is 0 Å². The molecule has 2 aromatic heterocycles. The van der Waals surface area contributed by atoms with Gasteiger partial charge >= 0.3 is 0 Å². The molecule has 1 amide bonds. The minimum absolute atomic E-state index is 0.153. The van der Waals surface area contributed by atoms with Gasteiger partial charge in [0.1, 0.15) is 17.2 Å². The van der Waals surface area contributed by atoms with E-state index in [1.54, 1.807) is 0 Å². The molecule has 0 saturated heterocycles. The molecule has 0 saturated carbocycles. The zero-order valence-corrected chi connectivity index (χ0v) is 14.3. The second-order valence-corrected chi connectivity index (χ2v) is 5.96. The first-order valence-electron chi connectivity index (χ1n) is 8.40. The summed E-state index contributed by atoms with van der Waals surface area (Å²) in [7, 11) is 0. The van der Waals surface area contributed by atoms with Gasteiger partial charge in [-0.15, -0.1) is 0 Å². The van der Waals surface area contributed by atoms with Gasteiger partial charge in [0, 0.05) is 23.6 Å². The number of aromatic nitrogens is 2. The highest BCUT2D eigenvalue weighted by atomic mass is 19.1. The molecule has 6 heteroatoms. The van der Waals surface area contributed by atoms with Crippen LogP contribution in [0, 0.1) is 5.82 Å². The standard InChI is InChI=1S/C21H16FN3O2/c22-16-6-10-18(11-7-16)27-14-21(26)23-17-8-4-15(5-9-17)19-13-25-12-2-1-3-20(25)24-19/h1-13H,14H2,(H,23,26). The molecule has 0 aliphatic carbocycles. The quantitative estimate of drug-likeness (QED) is 0.581. The summed E-state index contributed by atoms with van der Waals surface area (Å²) < 4.78 is 20.1. The van der Waals surface area contributed by atoms with E-state index in [9.17, 15) is 9.18 Å². The van der Waals surface area contributed by atoms with Crippen molar-refractivity contribution in [1.29, 1.82) is 0 Å². The minimum Gasteiger partial charge on any atom is -0.484 e. The highest BCUT2D eigenvalue weighted by Crippen LogP contribution is 2.21. The molecule has 0 radical (unpaired) electrons. The van der Waals surface area contributed by atoms with E-state index in [4.69, 9.17) is 4.74 Å². The molecule has 0 atom stereocenters. The molecule has 2 aromatic carbocycles. The fourth-order valence-electron chi connectivity index (χ4n) is 2.67. The first-order valence-corrected chi connectivity index (χ1v) is 8.40. The highest BCUT2D eigenvalue weighted by molar-refractivity contribution is 5.92. The van der Waals surface area contributed by atoms with Crippen LogP contribution in [-0.4, -0.2) is 21.9 Å². The Morgan fingerprint density at radius 1 is 1.04 bits per heavy atom. The lowest BCUT2D eigenvalue weighted by atomic mass is 10.1. The largest absolute Gasteiger partial charge is 0.484 e. The Balaban J connectivity index is 1.38. The third-order valence-corrected chi connectivity index (χ3v) is 4.01. The number of hydrogen-bond acceptors (Lipinski definition) is 3. The molecule has 1 N–H and O–H groups in total. The van der Waals surface area contributed by atoms with Gasteiger partial charge in [-0.25, -0.2) is 9.37 Å². The topological polar surface area (TPSA) is 55.6 Å². The first-order chi connectivity index (χ1) is 13.2. The first kappa shape index (κ1) is 16.8. The molecule has 0 bridgehead atoms. The van der Waals surface area contributed by atoms with Gasteiger partial charge in [-0.1, -0.05) is 18.2 Å². The number of hydrogen-bond donors (Lipinski definition) is 1. The number of halogens is 1. The van der Waals surface area contributed by atoms with Crippen molar-refractivity contribution in [3.05, 3.63) is 84.9 Å². The lowest BCUT2D eigenvalue weighted by molar-refractivity contribution is -0.118. The number of imidazole rings is 1. The van der Waals surface area contributed by atoms with Crippen molar-refractivity contribution in [3.63, 3.8) is 0 Å². The number of carbonyl (C=O) groups excluding carboxylic acids is 1. The number of fused-ring (bicyclic) bond motifs is 1. The Labute approximate surface area is 155 Å². The molecule has 0 unspecified atom stereocenters. The molecule has 134 valence electrons. The molecule has 0 fully saturated rings.